The number of likely N-dealkylation sites (N-methyl/N-ethyl adjacent to an activating group) is 1. The Bertz CT molecular complexity index is 251. The standard InChI is InChI=1S/C13H25N3O/c1-2-14-12-6-11-16(13(12)17)10-5-9-15-7-3-4-8-15/h12,14H,2-11H2,1H3. The smallest absolute Gasteiger partial charge is 0.239 e. The van der Waals surface area contributed by atoms with Gasteiger partial charge < -0.3 is 15.1 Å². The largest absolute Gasteiger partial charge is 0.341 e. The number of hydrogen-bond acceptors (Lipinski definition) is 3. The maximum atomic E-state index is 12.0. The molecule has 0 aromatic rings. The van der Waals surface area contributed by atoms with Gasteiger partial charge in [0.15, 0.2) is 0 Å². The van der Waals surface area contributed by atoms with Crippen LogP contribution in [-0.4, -0.2) is 61.0 Å². The number of carbonyl (C=O) groups is 1. The van der Waals surface area contributed by atoms with Gasteiger partial charge >= 0.3 is 0 Å². The van der Waals surface area contributed by atoms with Crippen molar-refractivity contribution in [3.63, 3.8) is 0 Å². The van der Waals surface area contributed by atoms with Crippen molar-refractivity contribution in [1.29, 1.82) is 0 Å². The molecule has 4 nitrogen and oxygen atoms in total. The zero-order chi connectivity index (χ0) is 12.1. The Kier molecular flexibility index (Phi) is 4.80. The first kappa shape index (κ1) is 12.8. The van der Waals surface area contributed by atoms with Crippen LogP contribution in [0.1, 0.15) is 32.6 Å². The van der Waals surface area contributed by atoms with Crippen molar-refractivity contribution in [2.45, 2.75) is 38.6 Å². The average molecular weight is 239 g/mol. The quantitative estimate of drug-likeness (QED) is 0.740. The molecule has 2 saturated heterocycles. The van der Waals surface area contributed by atoms with E-state index >= 15 is 0 Å². The van der Waals surface area contributed by atoms with E-state index in [-0.39, 0.29) is 6.04 Å². The molecule has 98 valence electrons. The summed E-state index contributed by atoms with van der Waals surface area (Å²) in [6.45, 7) is 8.51. The molecule has 4 heteroatoms. The summed E-state index contributed by atoms with van der Waals surface area (Å²) in [5, 5.41) is 3.25. The molecule has 0 saturated carbocycles. The van der Waals surface area contributed by atoms with Crippen LogP contribution in [0.15, 0.2) is 0 Å². The van der Waals surface area contributed by atoms with Gasteiger partial charge in [-0.3, -0.25) is 4.79 Å². The number of hydrogen-bond donors (Lipinski definition) is 1. The molecular formula is C13H25N3O. The van der Waals surface area contributed by atoms with Gasteiger partial charge in [-0.05, 0) is 51.9 Å². The summed E-state index contributed by atoms with van der Waals surface area (Å²) in [5.41, 5.74) is 0. The number of nitrogens with one attached hydrogen (secondary N) is 1. The van der Waals surface area contributed by atoms with Crippen LogP contribution in [0.3, 0.4) is 0 Å². The number of nitrogens with zero attached hydrogens (tertiary/aromatic N) is 2. The zero-order valence-corrected chi connectivity index (χ0v) is 11.0. The molecule has 17 heavy (non-hydrogen) atoms. The van der Waals surface area contributed by atoms with Crippen molar-refractivity contribution in [2.75, 3.05) is 39.3 Å². The van der Waals surface area contributed by atoms with Crippen LogP contribution < -0.4 is 5.32 Å². The molecule has 0 radical (unpaired) electrons. The summed E-state index contributed by atoms with van der Waals surface area (Å²) in [7, 11) is 0. The summed E-state index contributed by atoms with van der Waals surface area (Å²) in [6.07, 6.45) is 4.82. The van der Waals surface area contributed by atoms with Gasteiger partial charge in [0.25, 0.3) is 0 Å². The molecule has 1 atom stereocenters. The van der Waals surface area contributed by atoms with Crippen molar-refractivity contribution in [3.8, 4) is 0 Å². The first-order valence-electron chi connectivity index (χ1n) is 7.06. The first-order chi connectivity index (χ1) is 8.31. The van der Waals surface area contributed by atoms with E-state index in [1.165, 1.54) is 25.9 Å². The van der Waals surface area contributed by atoms with E-state index in [0.29, 0.717) is 5.91 Å². The normalized spacial score (nSPS) is 26.1. The minimum atomic E-state index is 0.0896. The lowest BCUT2D eigenvalue weighted by Gasteiger charge is -2.19. The van der Waals surface area contributed by atoms with Crippen LogP contribution in [-0.2, 0) is 4.79 Å². The van der Waals surface area contributed by atoms with E-state index in [1.54, 1.807) is 0 Å². The minimum absolute atomic E-state index is 0.0896. The topological polar surface area (TPSA) is 35.6 Å². The van der Waals surface area contributed by atoms with Crippen LogP contribution in [0.2, 0.25) is 0 Å². The fourth-order valence-electron chi connectivity index (χ4n) is 2.89. The molecule has 0 bridgehead atoms. The Labute approximate surface area is 104 Å². The van der Waals surface area contributed by atoms with Gasteiger partial charge in [-0.2, -0.15) is 0 Å². The molecule has 1 amide bonds. The van der Waals surface area contributed by atoms with E-state index in [0.717, 1.165) is 39.0 Å². The number of likely N-dealkylation sites (tertiary alicyclic amines) is 2. The van der Waals surface area contributed by atoms with Gasteiger partial charge in [-0.25, -0.2) is 0 Å². The highest BCUT2D eigenvalue weighted by Crippen LogP contribution is 2.12. The molecule has 2 heterocycles. The molecule has 2 rings (SSSR count). The fraction of sp³-hybridized carbons (Fsp3) is 0.923. The number of carbonyl (C=O) groups excluding carboxylic acids is 1. The van der Waals surface area contributed by atoms with Crippen LogP contribution >= 0.6 is 0 Å². The molecule has 1 unspecified atom stereocenters. The van der Waals surface area contributed by atoms with Crippen molar-refractivity contribution in [1.82, 2.24) is 15.1 Å². The molecule has 2 aliphatic rings. The Morgan fingerprint density at radius 1 is 1.24 bits per heavy atom. The zero-order valence-electron chi connectivity index (χ0n) is 11.0. The van der Waals surface area contributed by atoms with Crippen molar-refractivity contribution in [2.24, 2.45) is 0 Å². The van der Waals surface area contributed by atoms with Crippen molar-refractivity contribution >= 4 is 5.91 Å². The second kappa shape index (κ2) is 6.36. The minimum Gasteiger partial charge on any atom is -0.341 e. The lowest BCUT2D eigenvalue weighted by molar-refractivity contribution is -0.129. The summed E-state index contributed by atoms with van der Waals surface area (Å²) in [6, 6.07) is 0.0896. The molecular weight excluding hydrogens is 214 g/mol. The number of rotatable bonds is 6. The highest BCUT2D eigenvalue weighted by Gasteiger charge is 2.30. The molecule has 0 spiro atoms. The van der Waals surface area contributed by atoms with Crippen LogP contribution in [0.5, 0.6) is 0 Å². The average Bonchev–Trinajstić information content (AvgIpc) is 2.94. The Hall–Kier alpha value is -0.610. The van der Waals surface area contributed by atoms with E-state index in [1.807, 2.05) is 4.90 Å². The fourth-order valence-corrected chi connectivity index (χ4v) is 2.89. The van der Waals surface area contributed by atoms with Gasteiger partial charge in [-0.1, -0.05) is 6.92 Å². The van der Waals surface area contributed by atoms with Crippen LogP contribution in [0.25, 0.3) is 0 Å². The highest BCUT2D eigenvalue weighted by molar-refractivity contribution is 5.83. The summed E-state index contributed by atoms with van der Waals surface area (Å²) in [4.78, 5) is 16.5. The Morgan fingerprint density at radius 3 is 2.71 bits per heavy atom. The predicted octanol–water partition coefficient (Wildman–Crippen LogP) is 0.683. The molecule has 0 aromatic carbocycles. The summed E-state index contributed by atoms with van der Waals surface area (Å²) >= 11 is 0. The van der Waals surface area contributed by atoms with Gasteiger partial charge in [0.2, 0.25) is 5.91 Å². The summed E-state index contributed by atoms with van der Waals surface area (Å²) in [5.74, 6) is 0.313. The second-order valence-corrected chi connectivity index (χ2v) is 5.13. The molecule has 0 aromatic heterocycles. The van der Waals surface area contributed by atoms with Gasteiger partial charge in [0, 0.05) is 13.1 Å². The maximum absolute atomic E-state index is 12.0. The lowest BCUT2D eigenvalue weighted by atomic mass is 10.2. The summed E-state index contributed by atoms with van der Waals surface area (Å²) < 4.78 is 0. The van der Waals surface area contributed by atoms with Gasteiger partial charge in [-0.15, -0.1) is 0 Å². The van der Waals surface area contributed by atoms with Crippen LogP contribution in [0.4, 0.5) is 0 Å². The SMILES string of the molecule is CCNC1CCN(CCCN2CCCC2)C1=O. The van der Waals surface area contributed by atoms with Gasteiger partial charge in [0.1, 0.15) is 0 Å². The van der Waals surface area contributed by atoms with Gasteiger partial charge in [0.05, 0.1) is 6.04 Å². The molecule has 1 N–H and O–H groups in total. The molecule has 2 fully saturated rings. The Morgan fingerprint density at radius 2 is 2.00 bits per heavy atom. The van der Waals surface area contributed by atoms with E-state index in [4.69, 9.17) is 0 Å². The third-order valence-electron chi connectivity index (χ3n) is 3.85. The maximum Gasteiger partial charge on any atom is 0.239 e. The van der Waals surface area contributed by atoms with E-state index < -0.39 is 0 Å². The monoisotopic (exact) mass is 239 g/mol. The van der Waals surface area contributed by atoms with Crippen LogP contribution in [0, 0.1) is 0 Å². The molecule has 2 aliphatic heterocycles. The third-order valence-corrected chi connectivity index (χ3v) is 3.85. The third kappa shape index (κ3) is 3.42. The first-order valence-corrected chi connectivity index (χ1v) is 7.06. The number of amides is 1. The second-order valence-electron chi connectivity index (χ2n) is 5.13. The molecule has 0 aliphatic carbocycles. The van der Waals surface area contributed by atoms with Crippen molar-refractivity contribution in [3.05, 3.63) is 0 Å². The van der Waals surface area contributed by atoms with E-state index in [9.17, 15) is 4.79 Å². The van der Waals surface area contributed by atoms with Crippen molar-refractivity contribution < 1.29 is 4.79 Å². The van der Waals surface area contributed by atoms with E-state index in [2.05, 4.69) is 17.1 Å². The predicted molar refractivity (Wildman–Crippen MR) is 69.0 cm³/mol. The lowest BCUT2D eigenvalue weighted by Crippen LogP contribution is -2.39. The Balaban J connectivity index is 1.64. The highest BCUT2D eigenvalue weighted by atomic mass is 16.2.